The van der Waals surface area contributed by atoms with Crippen LogP contribution in [0.5, 0.6) is 5.75 Å². The number of benzene rings is 2. The molecule has 174 valence electrons. The molecular weight excluding hydrogens is 465 g/mol. The standard InChI is InChI=1S/C16H20FN7.C6H5ClOS/c17-13-10(2-1-3-11(13)18)14(19)12-15(20)22-8-23-16(12)24-9-4-6-21-7-5-9;7-5-3-4(9)1-2-6(5)8/h1-3,8-9,19,21H,4-7,18H2,(H3,20,22,23,24);1-3,8-9H. The van der Waals surface area contributed by atoms with Crippen molar-refractivity contribution in [1.82, 2.24) is 15.3 Å². The second-order valence-electron chi connectivity index (χ2n) is 7.37. The zero-order valence-electron chi connectivity index (χ0n) is 17.6. The first kappa shape index (κ1) is 24.6. The van der Waals surface area contributed by atoms with Gasteiger partial charge in [-0.1, -0.05) is 17.7 Å². The molecule has 2 heterocycles. The van der Waals surface area contributed by atoms with Crippen molar-refractivity contribution in [1.29, 1.82) is 5.41 Å². The van der Waals surface area contributed by atoms with Gasteiger partial charge in [0.2, 0.25) is 0 Å². The molecule has 11 heteroatoms. The minimum atomic E-state index is -0.640. The number of aromatic hydroxyl groups is 1. The van der Waals surface area contributed by atoms with Crippen molar-refractivity contribution in [3.05, 3.63) is 64.7 Å². The smallest absolute Gasteiger partial charge is 0.155 e. The number of rotatable bonds is 4. The molecule has 0 amide bonds. The fourth-order valence-corrected chi connectivity index (χ4v) is 3.75. The number of hydrogen-bond acceptors (Lipinski definition) is 9. The lowest BCUT2D eigenvalue weighted by Crippen LogP contribution is -2.36. The highest BCUT2D eigenvalue weighted by molar-refractivity contribution is 7.80. The lowest BCUT2D eigenvalue weighted by atomic mass is 10.0. The second-order valence-corrected chi connectivity index (χ2v) is 8.29. The van der Waals surface area contributed by atoms with Crippen LogP contribution in [0.15, 0.2) is 47.6 Å². The fourth-order valence-electron chi connectivity index (χ4n) is 3.29. The van der Waals surface area contributed by atoms with Gasteiger partial charge in [0, 0.05) is 16.5 Å². The average Bonchev–Trinajstić information content (AvgIpc) is 2.79. The molecule has 33 heavy (non-hydrogen) atoms. The van der Waals surface area contributed by atoms with Gasteiger partial charge in [-0.2, -0.15) is 0 Å². The lowest BCUT2D eigenvalue weighted by molar-refractivity contribution is 0.475. The molecule has 0 radical (unpaired) electrons. The van der Waals surface area contributed by atoms with Gasteiger partial charge in [0.1, 0.15) is 23.7 Å². The lowest BCUT2D eigenvalue weighted by Gasteiger charge is -2.25. The molecule has 1 fully saturated rings. The Hall–Kier alpha value is -3.08. The normalized spacial score (nSPS) is 13.7. The zero-order valence-corrected chi connectivity index (χ0v) is 19.3. The van der Waals surface area contributed by atoms with Crippen LogP contribution in [0.3, 0.4) is 0 Å². The monoisotopic (exact) mass is 489 g/mol. The highest BCUT2D eigenvalue weighted by Crippen LogP contribution is 2.26. The van der Waals surface area contributed by atoms with Crippen LogP contribution in [0.1, 0.15) is 24.0 Å². The van der Waals surface area contributed by atoms with E-state index in [4.69, 9.17) is 33.6 Å². The Labute approximate surface area is 201 Å². The molecular formula is C22H25ClFN7OS. The largest absolute Gasteiger partial charge is 0.506 e. The van der Waals surface area contributed by atoms with Crippen molar-refractivity contribution in [2.45, 2.75) is 23.8 Å². The minimum absolute atomic E-state index is 0.0134. The highest BCUT2D eigenvalue weighted by atomic mass is 35.5. The van der Waals surface area contributed by atoms with Crippen molar-refractivity contribution in [3.63, 3.8) is 0 Å². The Bertz CT molecular complexity index is 1140. The SMILES string of the molecule is N=C(c1cccc(N)c1F)c1c(N)ncnc1NC1CCNCC1.Oc1ccc(S)cc1Cl. The molecule has 0 aliphatic carbocycles. The number of anilines is 3. The molecule has 0 spiro atoms. The van der Waals surface area contributed by atoms with E-state index in [0.29, 0.717) is 16.4 Å². The van der Waals surface area contributed by atoms with E-state index in [-0.39, 0.29) is 34.6 Å². The summed E-state index contributed by atoms with van der Waals surface area (Å²) in [6.07, 6.45) is 3.21. The van der Waals surface area contributed by atoms with Gasteiger partial charge < -0.3 is 27.2 Å². The predicted molar refractivity (Wildman–Crippen MR) is 133 cm³/mol. The Morgan fingerprint density at radius 1 is 1.21 bits per heavy atom. The molecule has 8 N–H and O–H groups in total. The maximum Gasteiger partial charge on any atom is 0.155 e. The molecule has 2 aromatic carbocycles. The van der Waals surface area contributed by atoms with E-state index in [0.717, 1.165) is 30.8 Å². The number of nitrogen functional groups attached to an aromatic ring is 2. The Kier molecular flexibility index (Phi) is 8.32. The quantitative estimate of drug-likeness (QED) is 0.168. The maximum absolute atomic E-state index is 14.3. The summed E-state index contributed by atoms with van der Waals surface area (Å²) in [4.78, 5) is 8.91. The van der Waals surface area contributed by atoms with Crippen molar-refractivity contribution >= 4 is 47.3 Å². The first-order valence-electron chi connectivity index (χ1n) is 10.2. The molecule has 1 aromatic heterocycles. The Morgan fingerprint density at radius 3 is 2.61 bits per heavy atom. The molecule has 0 bridgehead atoms. The molecule has 3 aromatic rings. The number of phenols is 1. The van der Waals surface area contributed by atoms with Crippen molar-refractivity contribution in [2.75, 3.05) is 29.9 Å². The third-order valence-corrected chi connectivity index (χ3v) is 5.62. The van der Waals surface area contributed by atoms with Gasteiger partial charge in [0.25, 0.3) is 0 Å². The summed E-state index contributed by atoms with van der Waals surface area (Å²) >= 11 is 9.52. The number of thiol groups is 1. The van der Waals surface area contributed by atoms with E-state index in [1.54, 1.807) is 18.2 Å². The number of piperidine rings is 1. The summed E-state index contributed by atoms with van der Waals surface area (Å²) in [5.74, 6) is 0.0301. The predicted octanol–water partition coefficient (Wildman–Crippen LogP) is 3.69. The summed E-state index contributed by atoms with van der Waals surface area (Å²) in [6, 6.07) is 9.52. The van der Waals surface area contributed by atoms with Gasteiger partial charge >= 0.3 is 0 Å². The number of nitrogens with two attached hydrogens (primary N) is 2. The van der Waals surface area contributed by atoms with Crippen molar-refractivity contribution < 1.29 is 9.50 Å². The Morgan fingerprint density at radius 2 is 1.94 bits per heavy atom. The molecule has 0 atom stereocenters. The van der Waals surface area contributed by atoms with E-state index in [9.17, 15) is 4.39 Å². The van der Waals surface area contributed by atoms with Crippen LogP contribution in [0, 0.1) is 11.2 Å². The van der Waals surface area contributed by atoms with Crippen LogP contribution >= 0.6 is 24.2 Å². The molecule has 0 saturated carbocycles. The van der Waals surface area contributed by atoms with E-state index < -0.39 is 5.82 Å². The van der Waals surface area contributed by atoms with E-state index in [2.05, 4.69) is 33.2 Å². The summed E-state index contributed by atoms with van der Waals surface area (Å²) in [5.41, 5.74) is 11.8. The van der Waals surface area contributed by atoms with Crippen LogP contribution in [0.4, 0.5) is 21.7 Å². The van der Waals surface area contributed by atoms with Crippen molar-refractivity contribution in [3.8, 4) is 5.75 Å². The fraction of sp³-hybridized carbons (Fsp3) is 0.227. The summed E-state index contributed by atoms with van der Waals surface area (Å²) < 4.78 is 14.3. The third kappa shape index (κ3) is 6.25. The minimum Gasteiger partial charge on any atom is -0.506 e. The second kappa shape index (κ2) is 11.2. The molecule has 1 aliphatic rings. The van der Waals surface area contributed by atoms with Gasteiger partial charge in [-0.05, 0) is 56.3 Å². The first-order chi connectivity index (χ1) is 15.8. The topological polar surface area (TPSA) is 146 Å². The molecule has 1 saturated heterocycles. The zero-order chi connectivity index (χ0) is 24.0. The molecule has 8 nitrogen and oxygen atoms in total. The average molecular weight is 490 g/mol. The van der Waals surface area contributed by atoms with Crippen LogP contribution in [0.2, 0.25) is 5.02 Å². The van der Waals surface area contributed by atoms with E-state index >= 15 is 0 Å². The molecule has 1 aliphatic heterocycles. The number of nitrogens with one attached hydrogen (secondary N) is 3. The van der Waals surface area contributed by atoms with Crippen LogP contribution in [-0.4, -0.2) is 39.9 Å². The van der Waals surface area contributed by atoms with Crippen LogP contribution in [-0.2, 0) is 0 Å². The highest BCUT2D eigenvalue weighted by Gasteiger charge is 2.22. The molecule has 0 unspecified atom stereocenters. The summed E-state index contributed by atoms with van der Waals surface area (Å²) in [5, 5.41) is 24.2. The van der Waals surface area contributed by atoms with Gasteiger partial charge in [0.05, 0.1) is 22.0 Å². The van der Waals surface area contributed by atoms with E-state index in [1.807, 2.05) is 0 Å². The van der Waals surface area contributed by atoms with Gasteiger partial charge in [-0.25, -0.2) is 14.4 Å². The third-order valence-electron chi connectivity index (χ3n) is 5.04. The first-order valence-corrected chi connectivity index (χ1v) is 11.0. The van der Waals surface area contributed by atoms with Crippen molar-refractivity contribution in [2.24, 2.45) is 0 Å². The van der Waals surface area contributed by atoms with E-state index in [1.165, 1.54) is 24.5 Å². The number of nitrogens with zero attached hydrogens (tertiary/aromatic N) is 2. The maximum atomic E-state index is 14.3. The molecule has 4 rings (SSSR count). The Balaban J connectivity index is 0.000000286. The summed E-state index contributed by atoms with van der Waals surface area (Å²) in [7, 11) is 0. The number of hydrogen-bond donors (Lipinski definition) is 7. The number of phenolic OH excluding ortho intramolecular Hbond substituents is 1. The summed E-state index contributed by atoms with van der Waals surface area (Å²) in [6.45, 7) is 1.82. The number of aromatic nitrogens is 2. The van der Waals surface area contributed by atoms with Gasteiger partial charge in [0.15, 0.2) is 5.82 Å². The van der Waals surface area contributed by atoms with Gasteiger partial charge in [-0.15, -0.1) is 12.6 Å². The van der Waals surface area contributed by atoms with Gasteiger partial charge in [-0.3, -0.25) is 5.41 Å². The van der Waals surface area contributed by atoms with Crippen LogP contribution in [0.25, 0.3) is 0 Å². The van der Waals surface area contributed by atoms with Crippen LogP contribution < -0.4 is 22.1 Å². The number of halogens is 2.